The zero-order valence-electron chi connectivity index (χ0n) is 19.7. The zero-order valence-corrected chi connectivity index (χ0v) is 19.7. The van der Waals surface area contributed by atoms with E-state index in [0.29, 0.717) is 5.92 Å². The van der Waals surface area contributed by atoms with Crippen LogP contribution in [0.1, 0.15) is 61.4 Å². The van der Waals surface area contributed by atoms with Gasteiger partial charge in [0.15, 0.2) is 0 Å². The summed E-state index contributed by atoms with van der Waals surface area (Å²) in [4.78, 5) is 2.43. The number of hydrogen-bond acceptors (Lipinski definition) is 1. The summed E-state index contributed by atoms with van der Waals surface area (Å²) in [5.74, 6) is 0.377. The molecule has 0 aliphatic carbocycles. The largest absolute Gasteiger partial charge is 0.416 e. The number of alkyl halides is 3. The molecule has 1 unspecified atom stereocenters. The Labute approximate surface area is 199 Å². The van der Waals surface area contributed by atoms with Gasteiger partial charge in [-0.1, -0.05) is 62.7 Å². The van der Waals surface area contributed by atoms with Crippen LogP contribution in [0.5, 0.6) is 0 Å². The summed E-state index contributed by atoms with van der Waals surface area (Å²) in [6.07, 6.45) is -0.317. The van der Waals surface area contributed by atoms with E-state index in [9.17, 15) is 17.6 Å². The molecule has 1 fully saturated rings. The van der Waals surface area contributed by atoms with Gasteiger partial charge in [-0.3, -0.25) is 4.90 Å². The molecule has 1 saturated heterocycles. The minimum absolute atomic E-state index is 0.0962. The second kappa shape index (κ2) is 10.3. The lowest BCUT2D eigenvalue weighted by Crippen LogP contribution is -2.37. The summed E-state index contributed by atoms with van der Waals surface area (Å²) in [6.45, 7) is 6.22. The second-order valence-corrected chi connectivity index (χ2v) is 9.42. The van der Waals surface area contributed by atoms with Crippen molar-refractivity contribution in [2.24, 2.45) is 5.92 Å². The normalized spacial score (nSPS) is 16.5. The lowest BCUT2D eigenvalue weighted by atomic mass is 9.86. The van der Waals surface area contributed by atoms with Gasteiger partial charge in [-0.15, -0.1) is 0 Å². The lowest BCUT2D eigenvalue weighted by molar-refractivity contribution is -0.137. The van der Waals surface area contributed by atoms with Gasteiger partial charge in [0.1, 0.15) is 5.82 Å². The van der Waals surface area contributed by atoms with E-state index in [1.54, 1.807) is 12.1 Å². The molecule has 0 N–H and O–H groups in total. The fourth-order valence-corrected chi connectivity index (χ4v) is 4.89. The van der Waals surface area contributed by atoms with Crippen LogP contribution in [0.2, 0.25) is 0 Å². The van der Waals surface area contributed by atoms with E-state index >= 15 is 0 Å². The predicted molar refractivity (Wildman–Crippen MR) is 129 cm³/mol. The standard InChI is InChI=1S/C29H31F4N/c1-3-4-21-5-14-26(27(19-21)22-6-10-24(11-7-22)29(31,32)33)28(23-8-12-25(30)13-9-23)34-17-15-20(2)16-18-34/h5-14,19-20,28H,3-4,15-18H2,1-2H3. The minimum Gasteiger partial charge on any atom is -0.292 e. The van der Waals surface area contributed by atoms with Crippen molar-refractivity contribution in [3.63, 3.8) is 0 Å². The van der Waals surface area contributed by atoms with Crippen molar-refractivity contribution in [1.29, 1.82) is 0 Å². The molecule has 0 spiro atoms. The first-order valence-corrected chi connectivity index (χ1v) is 12.1. The highest BCUT2D eigenvalue weighted by atomic mass is 19.4. The van der Waals surface area contributed by atoms with E-state index in [4.69, 9.17) is 0 Å². The third-order valence-corrected chi connectivity index (χ3v) is 6.84. The molecule has 3 aromatic rings. The molecule has 4 rings (SSSR count). The SMILES string of the molecule is CCCc1ccc(C(c2ccc(F)cc2)N2CCC(C)CC2)c(-c2ccc(C(F)(F)F)cc2)c1. The van der Waals surface area contributed by atoms with Crippen LogP contribution in [0, 0.1) is 11.7 Å². The molecule has 0 amide bonds. The van der Waals surface area contributed by atoms with Crippen molar-refractivity contribution >= 4 is 0 Å². The quantitative estimate of drug-likeness (QED) is 0.328. The summed E-state index contributed by atoms with van der Waals surface area (Å²) in [5, 5.41) is 0. The topological polar surface area (TPSA) is 3.24 Å². The molecular formula is C29H31F4N. The lowest BCUT2D eigenvalue weighted by Gasteiger charge is -2.38. The fourth-order valence-electron chi connectivity index (χ4n) is 4.89. The number of halogens is 4. The van der Waals surface area contributed by atoms with Crippen molar-refractivity contribution < 1.29 is 17.6 Å². The Morgan fingerprint density at radius 2 is 1.56 bits per heavy atom. The monoisotopic (exact) mass is 469 g/mol. The van der Waals surface area contributed by atoms with Crippen LogP contribution in [0.25, 0.3) is 11.1 Å². The summed E-state index contributed by atoms with van der Waals surface area (Å²) in [5.41, 5.74) is 4.24. The third kappa shape index (κ3) is 5.52. The highest BCUT2D eigenvalue weighted by Gasteiger charge is 2.31. The molecule has 5 heteroatoms. The average Bonchev–Trinajstić information content (AvgIpc) is 2.82. The van der Waals surface area contributed by atoms with Gasteiger partial charge in [-0.2, -0.15) is 13.2 Å². The number of rotatable bonds is 6. The van der Waals surface area contributed by atoms with Crippen molar-refractivity contribution in [1.82, 2.24) is 4.90 Å². The first-order chi connectivity index (χ1) is 16.3. The van der Waals surface area contributed by atoms with E-state index in [2.05, 4.69) is 36.9 Å². The summed E-state index contributed by atoms with van der Waals surface area (Å²) in [6, 6.07) is 18.3. The molecule has 1 aliphatic heterocycles. The Kier molecular flexibility index (Phi) is 7.42. The zero-order chi connectivity index (χ0) is 24.3. The third-order valence-electron chi connectivity index (χ3n) is 6.84. The molecule has 1 aliphatic rings. The Morgan fingerprint density at radius 1 is 0.912 bits per heavy atom. The number of piperidine rings is 1. The molecule has 180 valence electrons. The van der Waals surface area contributed by atoms with E-state index < -0.39 is 11.7 Å². The number of benzene rings is 3. The van der Waals surface area contributed by atoms with Gasteiger partial charge < -0.3 is 0 Å². The Morgan fingerprint density at radius 3 is 2.15 bits per heavy atom. The Hall–Kier alpha value is -2.66. The van der Waals surface area contributed by atoms with Gasteiger partial charge in [-0.05, 0) is 90.4 Å². The van der Waals surface area contributed by atoms with Crippen LogP contribution in [-0.4, -0.2) is 18.0 Å². The smallest absolute Gasteiger partial charge is 0.292 e. The summed E-state index contributed by atoms with van der Waals surface area (Å²) in [7, 11) is 0. The summed E-state index contributed by atoms with van der Waals surface area (Å²) < 4.78 is 53.3. The molecule has 0 saturated carbocycles. The van der Waals surface area contributed by atoms with E-state index in [0.717, 1.165) is 78.7 Å². The maximum Gasteiger partial charge on any atom is 0.416 e. The number of aryl methyl sites for hydroxylation is 1. The van der Waals surface area contributed by atoms with E-state index in [-0.39, 0.29) is 11.9 Å². The van der Waals surface area contributed by atoms with Crippen LogP contribution in [0.4, 0.5) is 17.6 Å². The number of nitrogens with zero attached hydrogens (tertiary/aromatic N) is 1. The number of hydrogen-bond donors (Lipinski definition) is 0. The van der Waals surface area contributed by atoms with Crippen molar-refractivity contribution in [2.75, 3.05) is 13.1 Å². The van der Waals surface area contributed by atoms with Gasteiger partial charge in [0.25, 0.3) is 0 Å². The second-order valence-electron chi connectivity index (χ2n) is 9.42. The predicted octanol–water partition coefficient (Wildman–Crippen LogP) is 8.29. The van der Waals surface area contributed by atoms with E-state index in [1.165, 1.54) is 12.1 Å². The van der Waals surface area contributed by atoms with Crippen LogP contribution >= 0.6 is 0 Å². The van der Waals surface area contributed by atoms with Gasteiger partial charge in [0, 0.05) is 0 Å². The maximum atomic E-state index is 13.8. The van der Waals surface area contributed by atoms with Gasteiger partial charge >= 0.3 is 6.18 Å². The fraction of sp³-hybridized carbons (Fsp3) is 0.379. The van der Waals surface area contributed by atoms with Crippen LogP contribution < -0.4 is 0 Å². The highest BCUT2D eigenvalue weighted by Crippen LogP contribution is 2.39. The number of likely N-dealkylation sites (tertiary alicyclic amines) is 1. The maximum absolute atomic E-state index is 13.8. The van der Waals surface area contributed by atoms with Gasteiger partial charge in [0.2, 0.25) is 0 Å². The van der Waals surface area contributed by atoms with Crippen molar-refractivity contribution in [3.05, 3.63) is 94.8 Å². The Balaban J connectivity index is 1.84. The average molecular weight is 470 g/mol. The van der Waals surface area contributed by atoms with E-state index in [1.807, 2.05) is 12.1 Å². The molecule has 0 aromatic heterocycles. The highest BCUT2D eigenvalue weighted by molar-refractivity contribution is 5.70. The first-order valence-electron chi connectivity index (χ1n) is 12.1. The van der Waals surface area contributed by atoms with Crippen LogP contribution in [0.15, 0.2) is 66.7 Å². The van der Waals surface area contributed by atoms with Crippen molar-refractivity contribution in [3.8, 4) is 11.1 Å². The molecule has 0 radical (unpaired) electrons. The first kappa shape index (κ1) is 24.5. The van der Waals surface area contributed by atoms with Gasteiger partial charge in [-0.25, -0.2) is 4.39 Å². The Bertz CT molecular complexity index is 1080. The molecule has 1 atom stereocenters. The summed E-state index contributed by atoms with van der Waals surface area (Å²) >= 11 is 0. The molecule has 1 heterocycles. The van der Waals surface area contributed by atoms with Crippen LogP contribution in [-0.2, 0) is 12.6 Å². The van der Waals surface area contributed by atoms with Gasteiger partial charge in [0.05, 0.1) is 11.6 Å². The molecule has 1 nitrogen and oxygen atoms in total. The van der Waals surface area contributed by atoms with Crippen LogP contribution in [0.3, 0.4) is 0 Å². The molecule has 0 bridgehead atoms. The minimum atomic E-state index is -4.37. The molecule has 34 heavy (non-hydrogen) atoms. The molecular weight excluding hydrogens is 438 g/mol. The van der Waals surface area contributed by atoms with Crippen molar-refractivity contribution in [2.45, 2.75) is 51.7 Å². The molecule has 3 aromatic carbocycles.